The molecular weight excluding hydrogens is 264 g/mol. The first-order valence-corrected chi connectivity index (χ1v) is 6.23. The summed E-state index contributed by atoms with van der Waals surface area (Å²) in [6.45, 7) is 2.39. The van der Waals surface area contributed by atoms with Crippen LogP contribution in [0.3, 0.4) is 0 Å². The van der Waals surface area contributed by atoms with Gasteiger partial charge in [-0.25, -0.2) is 4.39 Å². The van der Waals surface area contributed by atoms with E-state index in [1.54, 1.807) is 0 Å². The Labute approximate surface area is 110 Å². The lowest BCUT2D eigenvalue weighted by atomic mass is 10.2. The monoisotopic (exact) mass is 277 g/mol. The maximum atomic E-state index is 13.3. The molecule has 1 aromatic carbocycles. The Kier molecular flexibility index (Phi) is 5.72. The Bertz CT molecular complexity index is 398. The van der Waals surface area contributed by atoms with Crippen molar-refractivity contribution in [1.82, 2.24) is 5.32 Å². The van der Waals surface area contributed by atoms with Gasteiger partial charge in [-0.2, -0.15) is 0 Å². The van der Waals surface area contributed by atoms with Crippen LogP contribution in [0, 0.1) is 5.82 Å². The molecule has 0 bridgehead atoms. The molecule has 0 aliphatic rings. The van der Waals surface area contributed by atoms with Crippen molar-refractivity contribution in [1.29, 1.82) is 0 Å². The number of rotatable bonds is 5. The van der Waals surface area contributed by atoms with E-state index in [4.69, 9.17) is 23.2 Å². The molecule has 17 heavy (non-hydrogen) atoms. The van der Waals surface area contributed by atoms with Gasteiger partial charge in [-0.05, 0) is 31.0 Å². The second-order valence-corrected chi connectivity index (χ2v) is 4.73. The minimum Gasteiger partial charge on any atom is -0.352 e. The zero-order chi connectivity index (χ0) is 12.8. The van der Waals surface area contributed by atoms with Gasteiger partial charge in [0.1, 0.15) is 5.82 Å². The number of halogens is 3. The summed E-state index contributed by atoms with van der Waals surface area (Å²) in [5.41, 5.74) is -0.0416. The molecular formula is C12H14Cl2FNO. The molecule has 1 aromatic rings. The number of carbonyl (C=O) groups excluding carboxylic acids is 1. The predicted molar refractivity (Wildman–Crippen MR) is 68.3 cm³/mol. The van der Waals surface area contributed by atoms with Crippen molar-refractivity contribution in [2.24, 2.45) is 0 Å². The minimum absolute atomic E-state index is 0.0273. The molecule has 0 heterocycles. The number of hydrogen-bond acceptors (Lipinski definition) is 1. The first kappa shape index (κ1) is 14.3. The maximum Gasteiger partial charge on any atom is 0.254 e. The minimum atomic E-state index is -0.579. The summed E-state index contributed by atoms with van der Waals surface area (Å²) in [6.07, 6.45) is 1.49. The van der Waals surface area contributed by atoms with Crippen molar-refractivity contribution in [3.63, 3.8) is 0 Å². The summed E-state index contributed by atoms with van der Waals surface area (Å²) in [4.78, 5) is 11.6. The lowest BCUT2D eigenvalue weighted by molar-refractivity contribution is 0.0949. The van der Waals surface area contributed by atoms with Gasteiger partial charge in [-0.3, -0.25) is 4.79 Å². The topological polar surface area (TPSA) is 29.1 Å². The van der Waals surface area contributed by atoms with Crippen LogP contribution in [-0.4, -0.2) is 17.8 Å². The number of carbonyl (C=O) groups is 1. The highest BCUT2D eigenvalue weighted by molar-refractivity contribution is 6.31. The first-order chi connectivity index (χ1) is 8.04. The Morgan fingerprint density at radius 2 is 2.24 bits per heavy atom. The number of alkyl halides is 1. The number of nitrogens with one attached hydrogen (secondary N) is 1. The molecule has 0 aromatic heterocycles. The SMILES string of the molecule is CCC(Cl)CCNC(=O)c1cc(Cl)ccc1F. The lowest BCUT2D eigenvalue weighted by Crippen LogP contribution is -2.26. The van der Waals surface area contributed by atoms with Crippen LogP contribution in [0.5, 0.6) is 0 Å². The lowest BCUT2D eigenvalue weighted by Gasteiger charge is -2.08. The summed E-state index contributed by atoms with van der Waals surface area (Å²) in [5, 5.41) is 2.97. The van der Waals surface area contributed by atoms with Crippen molar-refractivity contribution in [2.45, 2.75) is 25.1 Å². The van der Waals surface area contributed by atoms with Crippen molar-refractivity contribution in [3.8, 4) is 0 Å². The van der Waals surface area contributed by atoms with E-state index in [9.17, 15) is 9.18 Å². The molecule has 94 valence electrons. The summed E-state index contributed by atoms with van der Waals surface area (Å²) >= 11 is 11.6. The molecule has 0 aliphatic carbocycles. The van der Waals surface area contributed by atoms with Gasteiger partial charge in [-0.15, -0.1) is 11.6 Å². The molecule has 2 nitrogen and oxygen atoms in total. The van der Waals surface area contributed by atoms with Crippen molar-refractivity contribution in [2.75, 3.05) is 6.54 Å². The number of hydrogen-bond donors (Lipinski definition) is 1. The quantitative estimate of drug-likeness (QED) is 0.819. The molecule has 1 amide bonds. The molecule has 0 aliphatic heterocycles. The Morgan fingerprint density at radius 1 is 1.53 bits per heavy atom. The second-order valence-electron chi connectivity index (χ2n) is 3.67. The van der Waals surface area contributed by atoms with E-state index in [0.29, 0.717) is 18.0 Å². The largest absolute Gasteiger partial charge is 0.352 e. The Hall–Kier alpha value is -0.800. The Morgan fingerprint density at radius 3 is 2.88 bits per heavy atom. The van der Waals surface area contributed by atoms with Crippen LogP contribution >= 0.6 is 23.2 Å². The highest BCUT2D eigenvalue weighted by Crippen LogP contribution is 2.14. The predicted octanol–water partition coefficient (Wildman–Crippen LogP) is 3.62. The first-order valence-electron chi connectivity index (χ1n) is 5.42. The third-order valence-corrected chi connectivity index (χ3v) is 3.12. The maximum absolute atomic E-state index is 13.3. The van der Waals surface area contributed by atoms with Crippen LogP contribution in [-0.2, 0) is 0 Å². The Balaban J connectivity index is 2.55. The fourth-order valence-electron chi connectivity index (χ4n) is 1.31. The molecule has 0 saturated carbocycles. The van der Waals surface area contributed by atoms with Crippen LogP contribution in [0.4, 0.5) is 4.39 Å². The van der Waals surface area contributed by atoms with E-state index in [2.05, 4.69) is 5.32 Å². The average Bonchev–Trinajstić information content (AvgIpc) is 2.31. The molecule has 1 atom stereocenters. The van der Waals surface area contributed by atoms with Gasteiger partial charge in [0.25, 0.3) is 5.91 Å². The van der Waals surface area contributed by atoms with Crippen LogP contribution in [0.15, 0.2) is 18.2 Å². The van der Waals surface area contributed by atoms with Crippen LogP contribution < -0.4 is 5.32 Å². The van der Waals surface area contributed by atoms with Crippen molar-refractivity contribution < 1.29 is 9.18 Å². The average molecular weight is 278 g/mol. The number of amides is 1. The summed E-state index contributed by atoms with van der Waals surface area (Å²) < 4.78 is 13.3. The van der Waals surface area contributed by atoms with Gasteiger partial charge in [0, 0.05) is 16.9 Å². The van der Waals surface area contributed by atoms with Gasteiger partial charge in [-0.1, -0.05) is 18.5 Å². The third-order valence-electron chi connectivity index (χ3n) is 2.36. The molecule has 1 unspecified atom stereocenters. The zero-order valence-electron chi connectivity index (χ0n) is 9.47. The van der Waals surface area contributed by atoms with E-state index in [1.165, 1.54) is 18.2 Å². The van der Waals surface area contributed by atoms with E-state index < -0.39 is 11.7 Å². The van der Waals surface area contributed by atoms with Gasteiger partial charge in [0.2, 0.25) is 0 Å². The van der Waals surface area contributed by atoms with Crippen LogP contribution in [0.1, 0.15) is 30.1 Å². The molecule has 1 N–H and O–H groups in total. The van der Waals surface area contributed by atoms with Gasteiger partial charge in [0.05, 0.1) is 5.56 Å². The van der Waals surface area contributed by atoms with E-state index in [0.717, 1.165) is 6.42 Å². The van der Waals surface area contributed by atoms with Gasteiger partial charge < -0.3 is 5.32 Å². The van der Waals surface area contributed by atoms with Gasteiger partial charge >= 0.3 is 0 Å². The highest BCUT2D eigenvalue weighted by Gasteiger charge is 2.12. The van der Waals surface area contributed by atoms with E-state index in [1.807, 2.05) is 6.92 Å². The van der Waals surface area contributed by atoms with Crippen molar-refractivity contribution >= 4 is 29.1 Å². The molecule has 5 heteroatoms. The van der Waals surface area contributed by atoms with Crippen molar-refractivity contribution in [3.05, 3.63) is 34.6 Å². The standard InChI is InChI=1S/C12H14Cl2FNO/c1-2-8(13)5-6-16-12(17)10-7-9(14)3-4-11(10)15/h3-4,7-8H,2,5-6H2,1H3,(H,16,17). The fraction of sp³-hybridized carbons (Fsp3) is 0.417. The molecule has 0 fully saturated rings. The summed E-state index contributed by atoms with van der Waals surface area (Å²) in [6, 6.07) is 3.89. The second kappa shape index (κ2) is 6.82. The number of benzene rings is 1. The smallest absolute Gasteiger partial charge is 0.254 e. The normalized spacial score (nSPS) is 12.2. The van der Waals surface area contributed by atoms with Crippen LogP contribution in [0.2, 0.25) is 5.02 Å². The summed E-state index contributed by atoms with van der Waals surface area (Å²) in [7, 11) is 0. The van der Waals surface area contributed by atoms with E-state index >= 15 is 0 Å². The van der Waals surface area contributed by atoms with Crippen LogP contribution in [0.25, 0.3) is 0 Å². The molecule has 0 saturated heterocycles. The zero-order valence-corrected chi connectivity index (χ0v) is 11.0. The molecule has 0 spiro atoms. The molecule has 0 radical (unpaired) electrons. The fourth-order valence-corrected chi connectivity index (χ4v) is 1.59. The highest BCUT2D eigenvalue weighted by atomic mass is 35.5. The van der Waals surface area contributed by atoms with Gasteiger partial charge in [0.15, 0.2) is 0 Å². The van der Waals surface area contributed by atoms with E-state index in [-0.39, 0.29) is 10.9 Å². The molecule has 1 rings (SSSR count). The summed E-state index contributed by atoms with van der Waals surface area (Å²) in [5.74, 6) is -1.05. The third kappa shape index (κ3) is 4.52.